The molecule has 0 unspecified atom stereocenters. The molecule has 1 amide bonds. The zero-order valence-electron chi connectivity index (χ0n) is 10.2. The van der Waals surface area contributed by atoms with E-state index in [4.69, 9.17) is 0 Å². The van der Waals surface area contributed by atoms with Crippen LogP contribution in [0.2, 0.25) is 0 Å². The maximum atomic E-state index is 12.5. The van der Waals surface area contributed by atoms with Crippen LogP contribution in [0.3, 0.4) is 0 Å². The highest BCUT2D eigenvalue weighted by molar-refractivity contribution is 9.10. The lowest BCUT2D eigenvalue weighted by Crippen LogP contribution is -2.58. The van der Waals surface area contributed by atoms with Gasteiger partial charge in [0.1, 0.15) is 0 Å². The summed E-state index contributed by atoms with van der Waals surface area (Å²) in [5, 5.41) is 3.20. The fraction of sp³-hybridized carbons (Fsp3) is 0.462. The van der Waals surface area contributed by atoms with Gasteiger partial charge in [-0.15, -0.1) is 0 Å². The van der Waals surface area contributed by atoms with E-state index in [1.807, 2.05) is 36.9 Å². The van der Waals surface area contributed by atoms with Crippen molar-refractivity contribution in [2.45, 2.75) is 19.9 Å². The van der Waals surface area contributed by atoms with E-state index in [1.165, 1.54) is 0 Å². The summed E-state index contributed by atoms with van der Waals surface area (Å²) < 4.78 is 0.874. The first-order valence-electron chi connectivity index (χ1n) is 5.91. The van der Waals surface area contributed by atoms with Crippen molar-refractivity contribution in [3.05, 3.63) is 33.8 Å². The summed E-state index contributed by atoms with van der Waals surface area (Å²) in [5.74, 6) is 0.120. The molecule has 17 heavy (non-hydrogen) atoms. The standard InChI is InChI=1S/C13H17BrN2O/c1-3-16(10-7-15-8-10)13(17)11-6-9(2)4-5-12(11)14/h4-6,10,15H,3,7-8H2,1-2H3. The Kier molecular flexibility index (Phi) is 3.84. The molecule has 0 saturated carbocycles. The second-order valence-corrected chi connectivity index (χ2v) is 5.24. The first-order chi connectivity index (χ1) is 8.13. The average Bonchev–Trinajstić information content (AvgIpc) is 2.25. The van der Waals surface area contributed by atoms with Gasteiger partial charge in [-0.1, -0.05) is 11.6 Å². The largest absolute Gasteiger partial charge is 0.333 e. The Balaban J connectivity index is 2.25. The molecule has 1 N–H and O–H groups in total. The molecule has 1 heterocycles. The van der Waals surface area contributed by atoms with Crippen LogP contribution in [-0.2, 0) is 0 Å². The van der Waals surface area contributed by atoms with E-state index in [1.54, 1.807) is 0 Å². The minimum atomic E-state index is 0.120. The zero-order chi connectivity index (χ0) is 12.4. The smallest absolute Gasteiger partial charge is 0.255 e. The van der Waals surface area contributed by atoms with Crippen LogP contribution in [0.15, 0.2) is 22.7 Å². The van der Waals surface area contributed by atoms with Crippen molar-refractivity contribution in [2.75, 3.05) is 19.6 Å². The minimum absolute atomic E-state index is 0.120. The van der Waals surface area contributed by atoms with Crippen LogP contribution < -0.4 is 5.32 Å². The SMILES string of the molecule is CCN(C(=O)c1cc(C)ccc1Br)C1CNC1. The molecule has 1 aromatic carbocycles. The molecule has 2 rings (SSSR count). The van der Waals surface area contributed by atoms with Gasteiger partial charge in [-0.3, -0.25) is 4.79 Å². The van der Waals surface area contributed by atoms with Crippen molar-refractivity contribution in [1.82, 2.24) is 10.2 Å². The lowest BCUT2D eigenvalue weighted by Gasteiger charge is -2.37. The number of amides is 1. The van der Waals surface area contributed by atoms with E-state index in [0.717, 1.165) is 35.2 Å². The number of nitrogens with one attached hydrogen (secondary N) is 1. The number of rotatable bonds is 3. The lowest BCUT2D eigenvalue weighted by molar-refractivity contribution is 0.0629. The zero-order valence-corrected chi connectivity index (χ0v) is 11.8. The molecule has 0 bridgehead atoms. The van der Waals surface area contributed by atoms with E-state index in [2.05, 4.69) is 21.2 Å². The number of hydrogen-bond acceptors (Lipinski definition) is 2. The molecule has 1 aromatic rings. The number of carbonyl (C=O) groups excluding carboxylic acids is 1. The number of benzene rings is 1. The van der Waals surface area contributed by atoms with Crippen LogP contribution in [0.4, 0.5) is 0 Å². The second kappa shape index (κ2) is 5.19. The molecular formula is C13H17BrN2O. The van der Waals surface area contributed by atoms with E-state index in [9.17, 15) is 4.79 Å². The van der Waals surface area contributed by atoms with Gasteiger partial charge < -0.3 is 10.2 Å². The molecule has 1 saturated heterocycles. The predicted octanol–water partition coefficient (Wildman–Crippen LogP) is 2.19. The number of hydrogen-bond donors (Lipinski definition) is 1. The Hall–Kier alpha value is -0.870. The minimum Gasteiger partial charge on any atom is -0.333 e. The Morgan fingerprint density at radius 1 is 1.53 bits per heavy atom. The van der Waals surface area contributed by atoms with Gasteiger partial charge in [0.25, 0.3) is 5.91 Å². The number of halogens is 1. The lowest BCUT2D eigenvalue weighted by atomic mass is 10.1. The van der Waals surface area contributed by atoms with Crippen LogP contribution >= 0.6 is 15.9 Å². The number of likely N-dealkylation sites (N-methyl/N-ethyl adjacent to an activating group) is 1. The molecule has 3 nitrogen and oxygen atoms in total. The molecule has 1 aliphatic rings. The molecule has 0 aliphatic carbocycles. The molecule has 0 aromatic heterocycles. The molecule has 0 atom stereocenters. The van der Waals surface area contributed by atoms with E-state index in [-0.39, 0.29) is 5.91 Å². The van der Waals surface area contributed by atoms with Crippen LogP contribution in [0.1, 0.15) is 22.8 Å². The van der Waals surface area contributed by atoms with Crippen molar-refractivity contribution < 1.29 is 4.79 Å². The van der Waals surface area contributed by atoms with E-state index >= 15 is 0 Å². The maximum absolute atomic E-state index is 12.5. The van der Waals surface area contributed by atoms with Crippen molar-refractivity contribution >= 4 is 21.8 Å². The Morgan fingerprint density at radius 3 is 2.76 bits per heavy atom. The molecule has 0 spiro atoms. The summed E-state index contributed by atoms with van der Waals surface area (Å²) in [5.41, 5.74) is 1.87. The third-order valence-corrected chi connectivity index (χ3v) is 3.85. The van der Waals surface area contributed by atoms with E-state index in [0.29, 0.717) is 6.04 Å². The molecule has 92 valence electrons. The fourth-order valence-electron chi connectivity index (χ4n) is 2.02. The van der Waals surface area contributed by atoms with Crippen LogP contribution in [0.5, 0.6) is 0 Å². The van der Waals surface area contributed by atoms with Gasteiger partial charge in [0.05, 0.1) is 11.6 Å². The highest BCUT2D eigenvalue weighted by Crippen LogP contribution is 2.21. The summed E-state index contributed by atoms with van der Waals surface area (Å²) in [7, 11) is 0. The van der Waals surface area contributed by atoms with Crippen LogP contribution in [-0.4, -0.2) is 36.5 Å². The van der Waals surface area contributed by atoms with Gasteiger partial charge >= 0.3 is 0 Å². The Morgan fingerprint density at radius 2 is 2.24 bits per heavy atom. The summed E-state index contributed by atoms with van der Waals surface area (Å²) in [6, 6.07) is 6.23. The van der Waals surface area contributed by atoms with Crippen molar-refractivity contribution in [3.8, 4) is 0 Å². The first kappa shape index (κ1) is 12.6. The monoisotopic (exact) mass is 296 g/mol. The second-order valence-electron chi connectivity index (χ2n) is 4.39. The van der Waals surface area contributed by atoms with E-state index < -0.39 is 0 Å². The van der Waals surface area contributed by atoms with Gasteiger partial charge in [-0.25, -0.2) is 0 Å². The first-order valence-corrected chi connectivity index (χ1v) is 6.70. The molecule has 1 aliphatic heterocycles. The van der Waals surface area contributed by atoms with Crippen molar-refractivity contribution in [3.63, 3.8) is 0 Å². The fourth-order valence-corrected chi connectivity index (χ4v) is 2.44. The molecule has 4 heteroatoms. The summed E-state index contributed by atoms with van der Waals surface area (Å²) in [6.07, 6.45) is 0. The number of carbonyl (C=O) groups is 1. The normalized spacial score (nSPS) is 15.5. The predicted molar refractivity (Wildman–Crippen MR) is 72.2 cm³/mol. The summed E-state index contributed by atoms with van der Waals surface area (Å²) >= 11 is 3.45. The highest BCUT2D eigenvalue weighted by atomic mass is 79.9. The van der Waals surface area contributed by atoms with Gasteiger partial charge in [0.15, 0.2) is 0 Å². The maximum Gasteiger partial charge on any atom is 0.255 e. The molecule has 0 radical (unpaired) electrons. The topological polar surface area (TPSA) is 32.3 Å². The summed E-state index contributed by atoms with van der Waals surface area (Å²) in [6.45, 7) is 6.60. The van der Waals surface area contributed by atoms with Crippen LogP contribution in [0, 0.1) is 6.92 Å². The molecular weight excluding hydrogens is 280 g/mol. The third kappa shape index (κ3) is 2.53. The van der Waals surface area contributed by atoms with Crippen molar-refractivity contribution in [1.29, 1.82) is 0 Å². The van der Waals surface area contributed by atoms with Crippen molar-refractivity contribution in [2.24, 2.45) is 0 Å². The van der Waals surface area contributed by atoms with Gasteiger partial charge in [0, 0.05) is 24.1 Å². The van der Waals surface area contributed by atoms with Crippen LogP contribution in [0.25, 0.3) is 0 Å². The average molecular weight is 297 g/mol. The molecule has 1 fully saturated rings. The Labute approximate surface area is 110 Å². The number of aryl methyl sites for hydroxylation is 1. The Bertz CT molecular complexity index is 429. The summed E-state index contributed by atoms with van der Waals surface area (Å²) in [4.78, 5) is 14.4. The quantitative estimate of drug-likeness (QED) is 0.927. The highest BCUT2D eigenvalue weighted by Gasteiger charge is 2.28. The van der Waals surface area contributed by atoms with Gasteiger partial charge in [0.2, 0.25) is 0 Å². The number of nitrogens with zero attached hydrogens (tertiary/aromatic N) is 1. The van der Waals surface area contributed by atoms with Gasteiger partial charge in [-0.05, 0) is 41.9 Å². The van der Waals surface area contributed by atoms with Gasteiger partial charge in [-0.2, -0.15) is 0 Å². The third-order valence-electron chi connectivity index (χ3n) is 3.15.